The van der Waals surface area contributed by atoms with Crippen molar-refractivity contribution in [2.45, 2.75) is 0 Å². The van der Waals surface area contributed by atoms with E-state index in [1.807, 2.05) is 24.3 Å². The molecular weight excluding hydrogens is 172 g/mol. The van der Waals surface area contributed by atoms with Crippen LogP contribution in [0.3, 0.4) is 0 Å². The second kappa shape index (κ2) is 3.50. The van der Waals surface area contributed by atoms with Crippen molar-refractivity contribution in [2.24, 2.45) is 4.99 Å². The number of nitrogens with zero attached hydrogens (tertiary/aromatic N) is 1. The molecule has 0 amide bonds. The summed E-state index contributed by atoms with van der Waals surface area (Å²) in [5.41, 5.74) is 2.24. The third-order valence-electron chi connectivity index (χ3n) is 2.20. The van der Waals surface area contributed by atoms with E-state index < -0.39 is 0 Å². The third kappa shape index (κ3) is 1.25. The van der Waals surface area contributed by atoms with E-state index in [1.54, 1.807) is 6.20 Å². The fourth-order valence-electron chi connectivity index (χ4n) is 1.60. The maximum absolute atomic E-state index is 3.79. The highest BCUT2D eigenvalue weighted by molar-refractivity contribution is 5.61. The average Bonchev–Trinajstić information content (AvgIpc) is 2.55. The van der Waals surface area contributed by atoms with Gasteiger partial charge in [0.05, 0.1) is 11.5 Å². The molecule has 0 atom stereocenters. The summed E-state index contributed by atoms with van der Waals surface area (Å²) in [4.78, 5) is 7.01. The van der Waals surface area contributed by atoms with E-state index in [0.717, 1.165) is 21.8 Å². The van der Waals surface area contributed by atoms with Gasteiger partial charge in [-0.1, -0.05) is 24.8 Å². The lowest BCUT2D eigenvalue weighted by Crippen LogP contribution is -2.11. The Morgan fingerprint density at radius 3 is 3.00 bits per heavy atom. The second-order valence-electron chi connectivity index (χ2n) is 3.01. The first-order valence-corrected chi connectivity index (χ1v) is 4.39. The van der Waals surface area contributed by atoms with Crippen molar-refractivity contribution in [3.05, 3.63) is 47.0 Å². The molecule has 1 N–H and O–H groups in total. The Kier molecular flexibility index (Phi) is 2.19. The molecule has 71 valence electrons. The number of allylic oxidation sites excluding steroid dienone is 2. The van der Waals surface area contributed by atoms with E-state index in [0.29, 0.717) is 0 Å². The molecule has 2 nitrogen and oxygen atoms in total. The zero-order valence-electron chi connectivity index (χ0n) is 7.83. The number of aromatic amines is 1. The highest BCUT2D eigenvalue weighted by Crippen LogP contribution is 2.07. The number of hydrogen-bond donors (Lipinski definition) is 1. The number of H-pyrrole nitrogens is 1. The van der Waals surface area contributed by atoms with Crippen LogP contribution in [0.2, 0.25) is 0 Å². The van der Waals surface area contributed by atoms with Gasteiger partial charge < -0.3 is 4.98 Å². The molecule has 0 aliphatic heterocycles. The molecule has 0 saturated carbocycles. The molecule has 0 unspecified atom stereocenters. The lowest BCUT2D eigenvalue weighted by molar-refractivity contribution is 1.25. The molecule has 1 aromatic heterocycles. The number of hydrogen-bond acceptors (Lipinski definition) is 1. The van der Waals surface area contributed by atoms with Gasteiger partial charge in [0.1, 0.15) is 0 Å². The monoisotopic (exact) mass is 185 g/mol. The first-order valence-electron chi connectivity index (χ1n) is 4.39. The molecule has 1 aromatic rings. The summed E-state index contributed by atoms with van der Waals surface area (Å²) in [6.45, 7) is 7.24. The lowest BCUT2D eigenvalue weighted by Gasteiger charge is -1.97. The Bertz CT molecular complexity index is 521. The van der Waals surface area contributed by atoms with Crippen molar-refractivity contribution in [3.63, 3.8) is 0 Å². The zero-order chi connectivity index (χ0) is 9.97. The van der Waals surface area contributed by atoms with Crippen molar-refractivity contribution in [1.29, 1.82) is 0 Å². The van der Waals surface area contributed by atoms with Crippen LogP contribution in [0.5, 0.6) is 0 Å². The van der Waals surface area contributed by atoms with E-state index in [1.165, 1.54) is 0 Å². The molecule has 0 fully saturated rings. The Morgan fingerprint density at radius 2 is 2.29 bits per heavy atom. The van der Waals surface area contributed by atoms with E-state index in [4.69, 9.17) is 0 Å². The van der Waals surface area contributed by atoms with Crippen LogP contribution >= 0.6 is 0 Å². The standard InChI is InChI=1S/C12H11N2.H2/c1-3-9-10-6-4-5-7-11(10)14-12(9)8-13-2;/h3-8,14H,1-2H2;1H/b12-8+;. The smallest absolute Gasteiger partial charge is 0.0647 e. The fourth-order valence-corrected chi connectivity index (χ4v) is 1.60. The van der Waals surface area contributed by atoms with Gasteiger partial charge in [0.2, 0.25) is 0 Å². The fraction of sp³-hybridized carbons (Fsp3) is 0. The molecule has 2 heteroatoms. The SMILES string of the molecule is C=Cc1c2c([nH]/c1=C/N=C)=CC=C[CH]2.[HH]. The van der Waals surface area contributed by atoms with E-state index in [9.17, 15) is 0 Å². The Labute approximate surface area is 84.2 Å². The first-order chi connectivity index (χ1) is 6.86. The van der Waals surface area contributed by atoms with Crippen LogP contribution in [0.15, 0.2) is 23.7 Å². The van der Waals surface area contributed by atoms with Crippen molar-refractivity contribution in [3.8, 4) is 0 Å². The molecule has 0 aromatic carbocycles. The van der Waals surface area contributed by atoms with Crippen LogP contribution in [0.1, 0.15) is 12.6 Å². The molecule has 1 heterocycles. The zero-order valence-corrected chi connectivity index (χ0v) is 7.83. The summed E-state index contributed by atoms with van der Waals surface area (Å²) in [5.74, 6) is 0. The van der Waals surface area contributed by atoms with Crippen molar-refractivity contribution >= 4 is 25.1 Å². The Balaban J connectivity index is 0.00000112. The molecular formula is C12H13N2. The third-order valence-corrected chi connectivity index (χ3v) is 2.20. The number of aliphatic imine (C=N–C) groups is 1. The normalized spacial score (nSPS) is 14.7. The summed E-state index contributed by atoms with van der Waals surface area (Å²) < 4.78 is 0. The summed E-state index contributed by atoms with van der Waals surface area (Å²) in [5, 5.41) is 2.05. The highest BCUT2D eigenvalue weighted by atomic mass is 14.7. The molecule has 1 aliphatic carbocycles. The first kappa shape index (κ1) is 8.75. The molecule has 0 bridgehead atoms. The van der Waals surface area contributed by atoms with Crippen LogP contribution in [0.25, 0.3) is 18.4 Å². The molecule has 0 spiro atoms. The van der Waals surface area contributed by atoms with Crippen molar-refractivity contribution in [2.75, 3.05) is 0 Å². The van der Waals surface area contributed by atoms with Crippen molar-refractivity contribution in [1.82, 2.24) is 4.98 Å². The molecule has 1 radical (unpaired) electrons. The van der Waals surface area contributed by atoms with Gasteiger partial charge in [-0.15, -0.1) is 0 Å². The number of rotatable bonds is 2. The Morgan fingerprint density at radius 1 is 1.43 bits per heavy atom. The van der Waals surface area contributed by atoms with Gasteiger partial charge in [0.15, 0.2) is 0 Å². The largest absolute Gasteiger partial charge is 0.354 e. The van der Waals surface area contributed by atoms with Gasteiger partial charge in [-0.05, 0) is 18.4 Å². The van der Waals surface area contributed by atoms with E-state index >= 15 is 0 Å². The van der Waals surface area contributed by atoms with Crippen LogP contribution in [0, 0.1) is 6.42 Å². The minimum absolute atomic E-state index is 0. The lowest BCUT2D eigenvalue weighted by atomic mass is 10.1. The predicted molar refractivity (Wildman–Crippen MR) is 63.3 cm³/mol. The number of aromatic nitrogens is 1. The minimum Gasteiger partial charge on any atom is -0.354 e. The van der Waals surface area contributed by atoms with Crippen LogP contribution in [-0.4, -0.2) is 11.7 Å². The van der Waals surface area contributed by atoms with Gasteiger partial charge in [0, 0.05) is 18.8 Å². The number of nitrogens with one attached hydrogen (secondary N) is 1. The van der Waals surface area contributed by atoms with Crippen LogP contribution < -0.4 is 10.7 Å². The average molecular weight is 185 g/mol. The molecule has 14 heavy (non-hydrogen) atoms. The quantitative estimate of drug-likeness (QED) is 0.672. The van der Waals surface area contributed by atoms with Crippen LogP contribution in [-0.2, 0) is 0 Å². The van der Waals surface area contributed by atoms with Crippen molar-refractivity contribution < 1.29 is 1.43 Å². The predicted octanol–water partition coefficient (Wildman–Crippen LogP) is 1.24. The second-order valence-corrected chi connectivity index (χ2v) is 3.01. The maximum Gasteiger partial charge on any atom is 0.0647 e. The van der Waals surface area contributed by atoms with Gasteiger partial charge in [-0.2, -0.15) is 0 Å². The van der Waals surface area contributed by atoms with E-state index in [-0.39, 0.29) is 1.43 Å². The highest BCUT2D eigenvalue weighted by Gasteiger charge is 2.06. The van der Waals surface area contributed by atoms with Gasteiger partial charge in [0.25, 0.3) is 0 Å². The molecule has 2 rings (SSSR count). The van der Waals surface area contributed by atoms with Gasteiger partial charge in [-0.25, -0.2) is 0 Å². The summed E-state index contributed by atoms with van der Waals surface area (Å²) in [6.07, 6.45) is 11.6. The Hall–Kier alpha value is -1.83. The minimum atomic E-state index is 0. The van der Waals surface area contributed by atoms with E-state index in [2.05, 4.69) is 29.7 Å². The number of fused-ring (bicyclic) bond motifs is 1. The maximum atomic E-state index is 3.79. The van der Waals surface area contributed by atoms with Crippen LogP contribution in [0.4, 0.5) is 0 Å². The van der Waals surface area contributed by atoms with Gasteiger partial charge in [-0.3, -0.25) is 4.99 Å². The molecule has 0 saturated heterocycles. The topological polar surface area (TPSA) is 28.1 Å². The summed E-state index contributed by atoms with van der Waals surface area (Å²) >= 11 is 0. The summed E-state index contributed by atoms with van der Waals surface area (Å²) in [6, 6.07) is 0. The summed E-state index contributed by atoms with van der Waals surface area (Å²) in [7, 11) is 0. The van der Waals surface area contributed by atoms with Gasteiger partial charge >= 0.3 is 0 Å². The molecule has 1 aliphatic rings.